The van der Waals surface area contributed by atoms with Gasteiger partial charge in [0.15, 0.2) is 0 Å². The monoisotopic (exact) mass is 433 g/mol. The van der Waals surface area contributed by atoms with Crippen molar-refractivity contribution in [1.29, 1.82) is 0 Å². The maximum Gasteiger partial charge on any atom is 0.402 e. The van der Waals surface area contributed by atoms with E-state index in [1.165, 1.54) is 36.4 Å². The number of phenols is 3. The van der Waals surface area contributed by atoms with Gasteiger partial charge in [-0.25, -0.2) is 4.42 Å². The van der Waals surface area contributed by atoms with Crippen molar-refractivity contribution in [3.8, 4) is 34.3 Å². The predicted octanol–water partition coefficient (Wildman–Crippen LogP) is 0.676. The van der Waals surface area contributed by atoms with Crippen LogP contribution in [0, 0.1) is 0 Å². The van der Waals surface area contributed by atoms with Gasteiger partial charge in [-0.2, -0.15) is 0 Å². The highest BCUT2D eigenvalue weighted by Crippen LogP contribution is 2.40. The molecule has 1 aliphatic rings. The summed E-state index contributed by atoms with van der Waals surface area (Å²) >= 11 is 0. The third-order valence-corrected chi connectivity index (χ3v) is 5.04. The first-order valence-electron chi connectivity index (χ1n) is 9.38. The molecular formula is C21H21O10+. The van der Waals surface area contributed by atoms with Gasteiger partial charge in [-0.15, -0.1) is 0 Å². The van der Waals surface area contributed by atoms with Gasteiger partial charge < -0.3 is 45.2 Å². The molecule has 1 aromatic heterocycles. The lowest BCUT2D eigenvalue weighted by Crippen LogP contribution is -2.60. The predicted molar refractivity (Wildman–Crippen MR) is 105 cm³/mol. The van der Waals surface area contributed by atoms with Crippen molar-refractivity contribution >= 4 is 11.0 Å². The fourth-order valence-electron chi connectivity index (χ4n) is 3.38. The highest BCUT2D eigenvalue weighted by molar-refractivity contribution is 5.88. The lowest BCUT2D eigenvalue weighted by atomic mass is 9.99. The SMILES string of the molecule is OC[C@@H]1O[C@H](Oc2cc3c(O)cc(O)cc3[o+]c2-c2ccc(O)cc2)[C@H](O)[C@@H](O)[C@@H]1O. The van der Waals surface area contributed by atoms with Crippen molar-refractivity contribution in [2.24, 2.45) is 0 Å². The summed E-state index contributed by atoms with van der Waals surface area (Å²) in [5.41, 5.74) is 0.573. The Morgan fingerprint density at radius 1 is 0.871 bits per heavy atom. The van der Waals surface area contributed by atoms with E-state index in [-0.39, 0.29) is 39.7 Å². The van der Waals surface area contributed by atoms with Crippen molar-refractivity contribution in [2.45, 2.75) is 30.7 Å². The van der Waals surface area contributed by atoms with Crippen LogP contribution in [0.3, 0.4) is 0 Å². The van der Waals surface area contributed by atoms with Crippen molar-refractivity contribution in [3.05, 3.63) is 42.5 Å². The lowest BCUT2D eigenvalue weighted by molar-refractivity contribution is -0.277. The normalized spacial score (nSPS) is 26.1. The fraction of sp³-hybridized carbons (Fsp3) is 0.286. The summed E-state index contributed by atoms with van der Waals surface area (Å²) < 4.78 is 17.0. The summed E-state index contributed by atoms with van der Waals surface area (Å²) in [4.78, 5) is 0. The summed E-state index contributed by atoms with van der Waals surface area (Å²) in [6.07, 6.45) is -7.52. The maximum atomic E-state index is 10.3. The first-order valence-corrected chi connectivity index (χ1v) is 9.38. The van der Waals surface area contributed by atoms with Gasteiger partial charge >= 0.3 is 11.3 Å². The van der Waals surface area contributed by atoms with E-state index < -0.39 is 37.3 Å². The molecule has 0 spiro atoms. The minimum absolute atomic E-state index is 0.0104. The van der Waals surface area contributed by atoms with Gasteiger partial charge in [-0.05, 0) is 24.3 Å². The van der Waals surface area contributed by atoms with Gasteiger partial charge in [0.05, 0.1) is 18.2 Å². The molecule has 0 radical (unpaired) electrons. The summed E-state index contributed by atoms with van der Waals surface area (Å²) in [5, 5.41) is 69.4. The molecule has 0 saturated carbocycles. The molecule has 7 N–H and O–H groups in total. The summed E-state index contributed by atoms with van der Waals surface area (Å²) in [5.74, 6) is -0.420. The number of aromatic hydroxyl groups is 3. The molecule has 10 heteroatoms. The molecule has 1 aliphatic heterocycles. The average molecular weight is 433 g/mol. The third kappa shape index (κ3) is 3.94. The van der Waals surface area contributed by atoms with Crippen LogP contribution in [0.4, 0.5) is 0 Å². The Morgan fingerprint density at radius 3 is 2.26 bits per heavy atom. The van der Waals surface area contributed by atoms with Crippen LogP contribution in [0.1, 0.15) is 0 Å². The number of fused-ring (bicyclic) bond motifs is 1. The quantitative estimate of drug-likeness (QED) is 0.290. The molecule has 2 heterocycles. The molecule has 1 fully saturated rings. The van der Waals surface area contributed by atoms with Crippen LogP contribution in [0.15, 0.2) is 46.9 Å². The Bertz CT molecular complexity index is 1080. The van der Waals surface area contributed by atoms with Crippen LogP contribution >= 0.6 is 0 Å². The molecule has 0 bridgehead atoms. The number of ether oxygens (including phenoxy) is 2. The van der Waals surface area contributed by atoms with Crippen LogP contribution in [-0.2, 0) is 4.74 Å². The van der Waals surface area contributed by atoms with Crippen molar-refractivity contribution in [1.82, 2.24) is 0 Å². The zero-order valence-electron chi connectivity index (χ0n) is 16.0. The Labute approximate surface area is 175 Å². The minimum Gasteiger partial charge on any atom is -0.508 e. The molecule has 164 valence electrons. The van der Waals surface area contributed by atoms with Crippen molar-refractivity contribution in [3.63, 3.8) is 0 Å². The van der Waals surface area contributed by atoms with E-state index in [0.717, 1.165) is 6.07 Å². The zero-order chi connectivity index (χ0) is 22.3. The first kappa shape index (κ1) is 21.1. The Morgan fingerprint density at radius 2 is 1.58 bits per heavy atom. The fourth-order valence-corrected chi connectivity index (χ4v) is 3.38. The van der Waals surface area contributed by atoms with Gasteiger partial charge in [0.2, 0.25) is 12.0 Å². The van der Waals surface area contributed by atoms with Gasteiger partial charge in [-0.1, -0.05) is 0 Å². The molecule has 31 heavy (non-hydrogen) atoms. The van der Waals surface area contributed by atoms with Crippen LogP contribution in [0.5, 0.6) is 23.0 Å². The molecule has 1 saturated heterocycles. The minimum atomic E-state index is -1.66. The Balaban J connectivity index is 1.81. The van der Waals surface area contributed by atoms with Crippen LogP contribution in [-0.4, -0.2) is 73.1 Å². The number of rotatable bonds is 4. The van der Waals surface area contributed by atoms with Crippen LogP contribution in [0.2, 0.25) is 0 Å². The molecule has 3 aromatic rings. The number of aliphatic hydroxyl groups is 4. The average Bonchev–Trinajstić information content (AvgIpc) is 2.74. The number of aliphatic hydroxyl groups excluding tert-OH is 4. The van der Waals surface area contributed by atoms with E-state index in [4.69, 9.17) is 13.9 Å². The largest absolute Gasteiger partial charge is 0.508 e. The third-order valence-electron chi connectivity index (χ3n) is 5.04. The Hall–Kier alpha value is -3.15. The number of hydrogen-bond donors (Lipinski definition) is 7. The summed E-state index contributed by atoms with van der Waals surface area (Å²) in [6.45, 7) is -0.627. The molecule has 4 rings (SSSR count). The topological polar surface area (TPSA) is 171 Å². The van der Waals surface area contributed by atoms with Crippen LogP contribution in [0.25, 0.3) is 22.3 Å². The lowest BCUT2D eigenvalue weighted by Gasteiger charge is -2.39. The van der Waals surface area contributed by atoms with E-state index >= 15 is 0 Å². The Kier molecular flexibility index (Phi) is 5.56. The van der Waals surface area contributed by atoms with Gasteiger partial charge in [0.25, 0.3) is 0 Å². The molecule has 10 nitrogen and oxygen atoms in total. The van der Waals surface area contributed by atoms with Crippen LogP contribution < -0.4 is 4.74 Å². The van der Waals surface area contributed by atoms with Gasteiger partial charge in [-0.3, -0.25) is 0 Å². The zero-order valence-corrected chi connectivity index (χ0v) is 16.0. The molecule has 2 aromatic carbocycles. The van der Waals surface area contributed by atoms with E-state index in [9.17, 15) is 35.7 Å². The van der Waals surface area contributed by atoms with E-state index in [1.54, 1.807) is 0 Å². The summed E-state index contributed by atoms with van der Waals surface area (Å²) in [7, 11) is 0. The second kappa shape index (κ2) is 8.17. The van der Waals surface area contributed by atoms with E-state index in [0.29, 0.717) is 5.56 Å². The number of benzene rings is 2. The van der Waals surface area contributed by atoms with Gasteiger partial charge in [0.1, 0.15) is 47.1 Å². The summed E-state index contributed by atoms with van der Waals surface area (Å²) in [6, 6.07) is 9.66. The molecule has 0 aliphatic carbocycles. The first-order chi connectivity index (χ1) is 14.8. The molecular weight excluding hydrogens is 412 g/mol. The second-order valence-electron chi connectivity index (χ2n) is 7.18. The second-order valence-corrected chi connectivity index (χ2v) is 7.18. The molecule has 0 amide bonds. The van der Waals surface area contributed by atoms with E-state index in [2.05, 4.69) is 0 Å². The maximum absolute atomic E-state index is 10.3. The van der Waals surface area contributed by atoms with Crippen molar-refractivity contribution in [2.75, 3.05) is 6.61 Å². The van der Waals surface area contributed by atoms with Crippen molar-refractivity contribution < 1.29 is 49.6 Å². The highest BCUT2D eigenvalue weighted by atomic mass is 16.7. The molecule has 5 atom stereocenters. The molecule has 0 unspecified atom stereocenters. The number of hydrogen-bond acceptors (Lipinski definition) is 9. The number of phenolic OH excluding ortho intramolecular Hbond substituents is 3. The smallest absolute Gasteiger partial charge is 0.402 e. The highest BCUT2D eigenvalue weighted by Gasteiger charge is 2.45. The van der Waals surface area contributed by atoms with Gasteiger partial charge in [0, 0.05) is 12.1 Å². The standard InChI is InChI=1S/C21H20O10/c22-8-16-17(26)18(27)19(28)21(31-16)30-15-7-12-13(25)5-11(24)6-14(12)29-20(15)9-1-3-10(23)4-2-9/h1-7,16-19,21-22,26-28H,8H2,(H2-,23,24,25)/p+1/t16-,17+,18-,19+,21-/m0/s1. The van der Waals surface area contributed by atoms with E-state index in [1.807, 2.05) is 0 Å².